The van der Waals surface area contributed by atoms with E-state index < -0.39 is 11.4 Å². The molecular formula is C14H26N2O3. The highest BCUT2D eigenvalue weighted by Crippen LogP contribution is 2.32. The van der Waals surface area contributed by atoms with E-state index in [4.69, 9.17) is 10.8 Å². The Hall–Kier alpha value is -1.10. The van der Waals surface area contributed by atoms with Crippen molar-refractivity contribution in [1.82, 2.24) is 4.90 Å². The summed E-state index contributed by atoms with van der Waals surface area (Å²) in [5.74, 6) is -1.02. The van der Waals surface area contributed by atoms with E-state index in [9.17, 15) is 9.59 Å². The summed E-state index contributed by atoms with van der Waals surface area (Å²) in [5, 5.41) is 9.05. The number of nitrogens with zero attached hydrogens (tertiary/aromatic N) is 1. The fourth-order valence-electron chi connectivity index (χ4n) is 2.96. The van der Waals surface area contributed by atoms with Crippen molar-refractivity contribution in [1.29, 1.82) is 0 Å². The largest absolute Gasteiger partial charge is 0.480 e. The highest BCUT2D eigenvalue weighted by Gasteiger charge is 2.40. The molecule has 1 saturated carbocycles. The summed E-state index contributed by atoms with van der Waals surface area (Å²) in [6, 6.07) is 0.0765. The van der Waals surface area contributed by atoms with Crippen LogP contribution in [0.4, 0.5) is 0 Å². The third-order valence-electron chi connectivity index (χ3n) is 4.53. The molecule has 5 heteroatoms. The van der Waals surface area contributed by atoms with Gasteiger partial charge in [-0.2, -0.15) is 0 Å². The highest BCUT2D eigenvalue weighted by molar-refractivity contribution is 5.86. The topological polar surface area (TPSA) is 83.6 Å². The fourth-order valence-corrected chi connectivity index (χ4v) is 2.96. The number of carboxylic acid groups (broad SMARTS) is 1. The van der Waals surface area contributed by atoms with Crippen molar-refractivity contribution < 1.29 is 14.7 Å². The lowest BCUT2D eigenvalue weighted by atomic mass is 9.80. The number of carbonyl (C=O) groups is 2. The molecule has 1 fully saturated rings. The standard InChI is InChI=1S/C14H26N2O3/c1-3-14(4-2,10-15)13(19)16(9-12(17)18)11-7-5-6-8-11/h11H,3-10,15H2,1-2H3,(H,17,18). The van der Waals surface area contributed by atoms with Crippen LogP contribution in [0, 0.1) is 5.41 Å². The lowest BCUT2D eigenvalue weighted by Crippen LogP contribution is -2.52. The number of rotatable bonds is 7. The Morgan fingerprint density at radius 2 is 1.79 bits per heavy atom. The molecule has 0 aromatic carbocycles. The summed E-state index contributed by atoms with van der Waals surface area (Å²) < 4.78 is 0. The molecule has 0 radical (unpaired) electrons. The lowest BCUT2D eigenvalue weighted by molar-refractivity contribution is -0.152. The van der Waals surface area contributed by atoms with E-state index in [2.05, 4.69) is 0 Å². The Morgan fingerprint density at radius 1 is 1.26 bits per heavy atom. The quantitative estimate of drug-likeness (QED) is 0.736. The Labute approximate surface area is 115 Å². The van der Waals surface area contributed by atoms with Crippen molar-refractivity contribution in [3.05, 3.63) is 0 Å². The number of hydrogen-bond donors (Lipinski definition) is 2. The van der Waals surface area contributed by atoms with Crippen LogP contribution in [0.25, 0.3) is 0 Å². The van der Waals surface area contributed by atoms with Crippen LogP contribution in [0.15, 0.2) is 0 Å². The van der Waals surface area contributed by atoms with Gasteiger partial charge < -0.3 is 15.7 Å². The van der Waals surface area contributed by atoms with Gasteiger partial charge in [-0.1, -0.05) is 26.7 Å². The van der Waals surface area contributed by atoms with Crippen molar-refractivity contribution in [3.63, 3.8) is 0 Å². The molecule has 0 saturated heterocycles. The van der Waals surface area contributed by atoms with Gasteiger partial charge in [0, 0.05) is 12.6 Å². The van der Waals surface area contributed by atoms with Crippen molar-refractivity contribution in [3.8, 4) is 0 Å². The van der Waals surface area contributed by atoms with Crippen LogP contribution < -0.4 is 5.73 Å². The Kier molecular flexibility index (Phi) is 5.79. The number of carboxylic acids is 1. The molecule has 0 bridgehead atoms. The maximum atomic E-state index is 12.8. The van der Waals surface area contributed by atoms with Gasteiger partial charge in [0.2, 0.25) is 5.91 Å². The van der Waals surface area contributed by atoms with E-state index >= 15 is 0 Å². The summed E-state index contributed by atoms with van der Waals surface area (Å²) in [7, 11) is 0. The second-order valence-electron chi connectivity index (χ2n) is 5.46. The summed E-state index contributed by atoms with van der Waals surface area (Å²) in [6.45, 7) is 3.97. The van der Waals surface area contributed by atoms with Gasteiger partial charge in [-0.15, -0.1) is 0 Å². The molecule has 3 N–H and O–H groups in total. The Bertz CT molecular complexity index is 312. The third kappa shape index (κ3) is 3.47. The van der Waals surface area contributed by atoms with Gasteiger partial charge in [-0.25, -0.2) is 0 Å². The second-order valence-corrected chi connectivity index (χ2v) is 5.46. The van der Waals surface area contributed by atoms with Crippen LogP contribution in [-0.2, 0) is 9.59 Å². The van der Waals surface area contributed by atoms with Crippen molar-refractivity contribution >= 4 is 11.9 Å². The number of hydrogen-bond acceptors (Lipinski definition) is 3. The summed E-state index contributed by atoms with van der Waals surface area (Å²) >= 11 is 0. The van der Waals surface area contributed by atoms with E-state index in [0.29, 0.717) is 12.8 Å². The van der Waals surface area contributed by atoms with Gasteiger partial charge in [0.25, 0.3) is 0 Å². The minimum atomic E-state index is -0.946. The smallest absolute Gasteiger partial charge is 0.323 e. The SMILES string of the molecule is CCC(CC)(CN)C(=O)N(CC(=O)O)C1CCCC1. The van der Waals surface area contributed by atoms with Crippen molar-refractivity contribution in [2.75, 3.05) is 13.1 Å². The fraction of sp³-hybridized carbons (Fsp3) is 0.857. The Balaban J connectivity index is 2.94. The van der Waals surface area contributed by atoms with Gasteiger partial charge in [0.05, 0.1) is 5.41 Å². The minimum Gasteiger partial charge on any atom is -0.480 e. The summed E-state index contributed by atoms with van der Waals surface area (Å²) in [6.07, 6.45) is 5.27. The maximum Gasteiger partial charge on any atom is 0.323 e. The van der Waals surface area contributed by atoms with Crippen LogP contribution in [0.5, 0.6) is 0 Å². The van der Waals surface area contributed by atoms with E-state index in [1.54, 1.807) is 4.90 Å². The third-order valence-corrected chi connectivity index (χ3v) is 4.53. The predicted octanol–water partition coefficient (Wildman–Crippen LogP) is 1.61. The minimum absolute atomic E-state index is 0.0747. The molecular weight excluding hydrogens is 244 g/mol. The van der Waals surface area contributed by atoms with Crippen LogP contribution >= 0.6 is 0 Å². The van der Waals surface area contributed by atoms with Crippen LogP contribution in [0.2, 0.25) is 0 Å². The van der Waals surface area contributed by atoms with Crippen LogP contribution in [-0.4, -0.2) is 41.0 Å². The van der Waals surface area contributed by atoms with Crippen molar-refractivity contribution in [2.24, 2.45) is 11.1 Å². The van der Waals surface area contributed by atoms with E-state index in [-0.39, 0.29) is 25.0 Å². The van der Waals surface area contributed by atoms with Crippen LogP contribution in [0.1, 0.15) is 52.4 Å². The highest BCUT2D eigenvalue weighted by atomic mass is 16.4. The number of aliphatic carboxylic acids is 1. The van der Waals surface area contributed by atoms with Crippen molar-refractivity contribution in [2.45, 2.75) is 58.4 Å². The Morgan fingerprint density at radius 3 is 2.16 bits per heavy atom. The van der Waals surface area contributed by atoms with Gasteiger partial charge in [-0.05, 0) is 25.7 Å². The number of carbonyl (C=O) groups excluding carboxylic acids is 1. The first-order valence-electron chi connectivity index (χ1n) is 7.23. The average molecular weight is 270 g/mol. The van der Waals surface area contributed by atoms with Gasteiger partial charge in [-0.3, -0.25) is 9.59 Å². The first kappa shape index (κ1) is 16.0. The summed E-state index contributed by atoms with van der Waals surface area (Å²) in [5.41, 5.74) is 5.20. The predicted molar refractivity (Wildman–Crippen MR) is 73.7 cm³/mol. The normalized spacial score (nSPS) is 16.6. The molecule has 0 aliphatic heterocycles. The molecule has 0 atom stereocenters. The van der Waals surface area contributed by atoms with Gasteiger partial charge >= 0.3 is 5.97 Å². The molecule has 1 rings (SSSR count). The first-order chi connectivity index (χ1) is 9.00. The lowest BCUT2D eigenvalue weighted by Gasteiger charge is -2.37. The van der Waals surface area contributed by atoms with E-state index in [0.717, 1.165) is 25.7 Å². The second kappa shape index (κ2) is 6.89. The first-order valence-corrected chi connectivity index (χ1v) is 7.23. The average Bonchev–Trinajstić information content (AvgIpc) is 2.92. The number of nitrogens with two attached hydrogens (primary N) is 1. The van der Waals surface area contributed by atoms with E-state index in [1.165, 1.54) is 0 Å². The molecule has 0 aromatic rings. The molecule has 0 heterocycles. The molecule has 1 aliphatic rings. The maximum absolute atomic E-state index is 12.8. The van der Waals surface area contributed by atoms with Crippen LogP contribution in [0.3, 0.4) is 0 Å². The van der Waals surface area contributed by atoms with Gasteiger partial charge in [0.15, 0.2) is 0 Å². The zero-order valence-electron chi connectivity index (χ0n) is 12.0. The molecule has 110 valence electrons. The molecule has 19 heavy (non-hydrogen) atoms. The molecule has 0 unspecified atom stereocenters. The molecule has 5 nitrogen and oxygen atoms in total. The molecule has 0 aromatic heterocycles. The van der Waals surface area contributed by atoms with Gasteiger partial charge in [0.1, 0.15) is 6.54 Å². The molecule has 0 spiro atoms. The zero-order valence-corrected chi connectivity index (χ0v) is 12.0. The monoisotopic (exact) mass is 270 g/mol. The number of amides is 1. The molecule has 1 aliphatic carbocycles. The summed E-state index contributed by atoms with van der Waals surface area (Å²) in [4.78, 5) is 25.4. The zero-order chi connectivity index (χ0) is 14.5. The van der Waals surface area contributed by atoms with E-state index in [1.807, 2.05) is 13.8 Å². The molecule has 1 amide bonds.